The Morgan fingerprint density at radius 2 is 2.50 bits per heavy atom. The number of hydrogen-bond donors (Lipinski definition) is 1. The number of nitrogens with one attached hydrogen (secondary N) is 1. The predicted octanol–water partition coefficient (Wildman–Crippen LogP) is 1.71. The third-order valence-electron chi connectivity index (χ3n) is 3.02. The number of hydrogen-bond acceptors (Lipinski definition) is 3. The Bertz CT molecular complexity index is 237. The zero-order valence-corrected chi connectivity index (χ0v) is 8.54. The summed E-state index contributed by atoms with van der Waals surface area (Å²) in [5, 5.41) is 3.39. The summed E-state index contributed by atoms with van der Waals surface area (Å²) in [6.07, 6.45) is 6.97. The Balaban J connectivity index is 1.86. The van der Waals surface area contributed by atoms with Crippen LogP contribution in [-0.4, -0.2) is 25.2 Å². The molecule has 0 aromatic rings. The lowest BCUT2D eigenvalue weighted by Crippen LogP contribution is -2.37. The number of rotatable bonds is 3. The summed E-state index contributed by atoms with van der Waals surface area (Å²) in [5.74, 6) is 0.722. The molecule has 0 amide bonds. The topological polar surface area (TPSA) is 33.6 Å². The Labute approximate surface area is 85.2 Å². The second-order valence-corrected chi connectivity index (χ2v) is 4.00. The fraction of sp³-hybridized carbons (Fsp3) is 0.727. The largest absolute Gasteiger partial charge is 0.463 e. The molecule has 0 bridgehead atoms. The van der Waals surface area contributed by atoms with Crippen LogP contribution in [0.25, 0.3) is 0 Å². The van der Waals surface area contributed by atoms with Crippen LogP contribution in [0.3, 0.4) is 0 Å². The zero-order chi connectivity index (χ0) is 9.80. The first-order valence-electron chi connectivity index (χ1n) is 5.45. The van der Waals surface area contributed by atoms with Gasteiger partial charge in [-0.2, -0.15) is 0 Å². The van der Waals surface area contributed by atoms with E-state index in [1.165, 1.54) is 19.3 Å². The van der Waals surface area contributed by atoms with Gasteiger partial charge in [0.05, 0.1) is 6.54 Å². The lowest BCUT2D eigenvalue weighted by Gasteiger charge is -2.19. The van der Waals surface area contributed by atoms with Gasteiger partial charge in [0.25, 0.3) is 6.02 Å². The average molecular weight is 194 g/mol. The Kier molecular flexibility index (Phi) is 3.07. The van der Waals surface area contributed by atoms with E-state index < -0.39 is 0 Å². The van der Waals surface area contributed by atoms with Gasteiger partial charge in [-0.25, -0.2) is 4.99 Å². The average Bonchev–Trinajstić information content (AvgIpc) is 2.80. The van der Waals surface area contributed by atoms with Crippen LogP contribution in [-0.2, 0) is 4.74 Å². The number of allylic oxidation sites excluding steroid dienone is 1. The smallest absolute Gasteiger partial charge is 0.285 e. The van der Waals surface area contributed by atoms with Crippen molar-refractivity contribution in [3.63, 3.8) is 0 Å². The molecule has 2 rings (SSSR count). The first-order valence-corrected chi connectivity index (χ1v) is 5.45. The van der Waals surface area contributed by atoms with Crippen molar-refractivity contribution in [2.45, 2.75) is 31.7 Å². The highest BCUT2D eigenvalue weighted by atomic mass is 16.5. The Morgan fingerprint density at radius 1 is 1.57 bits per heavy atom. The minimum absolute atomic E-state index is 0.546. The zero-order valence-electron chi connectivity index (χ0n) is 8.54. The van der Waals surface area contributed by atoms with Crippen LogP contribution in [0.15, 0.2) is 17.6 Å². The number of amidine groups is 1. The van der Waals surface area contributed by atoms with Crippen LogP contribution >= 0.6 is 0 Å². The molecule has 1 heterocycles. The van der Waals surface area contributed by atoms with Gasteiger partial charge in [0, 0.05) is 6.04 Å². The van der Waals surface area contributed by atoms with Crippen molar-refractivity contribution in [3.8, 4) is 0 Å². The molecule has 0 aromatic heterocycles. The molecule has 3 nitrogen and oxygen atoms in total. The SMILES string of the molecule is C=CCC1CCCC1NC1=NCCO1. The maximum absolute atomic E-state index is 5.35. The third kappa shape index (κ3) is 2.08. The van der Waals surface area contributed by atoms with Gasteiger partial charge in [-0.15, -0.1) is 6.58 Å². The summed E-state index contributed by atoms with van der Waals surface area (Å²) in [5.41, 5.74) is 0. The fourth-order valence-electron chi connectivity index (χ4n) is 2.30. The van der Waals surface area contributed by atoms with Crippen molar-refractivity contribution >= 4 is 6.02 Å². The maximum atomic E-state index is 5.35. The van der Waals surface area contributed by atoms with Crippen molar-refractivity contribution in [3.05, 3.63) is 12.7 Å². The van der Waals surface area contributed by atoms with Crippen molar-refractivity contribution in [2.75, 3.05) is 13.2 Å². The van der Waals surface area contributed by atoms with E-state index in [0.717, 1.165) is 31.5 Å². The Hall–Kier alpha value is -0.990. The molecular formula is C11H18N2O. The molecule has 78 valence electrons. The summed E-state index contributed by atoms with van der Waals surface area (Å²) in [6.45, 7) is 5.35. The van der Waals surface area contributed by atoms with Crippen molar-refractivity contribution < 1.29 is 4.74 Å². The van der Waals surface area contributed by atoms with Crippen molar-refractivity contribution in [2.24, 2.45) is 10.9 Å². The predicted molar refractivity (Wildman–Crippen MR) is 57.3 cm³/mol. The number of nitrogens with zero attached hydrogens (tertiary/aromatic N) is 1. The molecule has 1 aliphatic carbocycles. The van der Waals surface area contributed by atoms with E-state index in [4.69, 9.17) is 4.74 Å². The number of ether oxygens (including phenoxy) is 1. The monoisotopic (exact) mass is 194 g/mol. The van der Waals surface area contributed by atoms with Crippen molar-refractivity contribution in [1.29, 1.82) is 0 Å². The molecule has 1 saturated carbocycles. The summed E-state index contributed by atoms with van der Waals surface area (Å²) < 4.78 is 5.35. The van der Waals surface area contributed by atoms with Crippen LogP contribution in [0.5, 0.6) is 0 Å². The third-order valence-corrected chi connectivity index (χ3v) is 3.02. The van der Waals surface area contributed by atoms with Gasteiger partial charge in [0.15, 0.2) is 0 Å². The second-order valence-electron chi connectivity index (χ2n) is 4.00. The first-order chi connectivity index (χ1) is 6.90. The van der Waals surface area contributed by atoms with E-state index in [-0.39, 0.29) is 0 Å². The van der Waals surface area contributed by atoms with Crippen LogP contribution in [0, 0.1) is 5.92 Å². The van der Waals surface area contributed by atoms with E-state index >= 15 is 0 Å². The molecule has 0 saturated heterocycles. The highest BCUT2D eigenvalue weighted by Gasteiger charge is 2.27. The van der Waals surface area contributed by atoms with Gasteiger partial charge >= 0.3 is 0 Å². The molecule has 2 unspecified atom stereocenters. The highest BCUT2D eigenvalue weighted by Crippen LogP contribution is 2.28. The van der Waals surface area contributed by atoms with Gasteiger partial charge in [-0.3, -0.25) is 0 Å². The van der Waals surface area contributed by atoms with Crippen LogP contribution in [0.2, 0.25) is 0 Å². The van der Waals surface area contributed by atoms with Crippen LogP contribution in [0.4, 0.5) is 0 Å². The molecule has 0 spiro atoms. The Morgan fingerprint density at radius 3 is 3.21 bits per heavy atom. The molecule has 1 N–H and O–H groups in total. The van der Waals surface area contributed by atoms with Crippen LogP contribution < -0.4 is 5.32 Å². The normalized spacial score (nSPS) is 31.0. The molecule has 0 aromatic carbocycles. The fourth-order valence-corrected chi connectivity index (χ4v) is 2.30. The van der Waals surface area contributed by atoms with E-state index in [9.17, 15) is 0 Å². The quantitative estimate of drug-likeness (QED) is 0.694. The lowest BCUT2D eigenvalue weighted by atomic mass is 10.00. The van der Waals surface area contributed by atoms with Gasteiger partial charge in [0.1, 0.15) is 6.61 Å². The summed E-state index contributed by atoms with van der Waals surface area (Å²) in [7, 11) is 0. The molecule has 14 heavy (non-hydrogen) atoms. The first kappa shape index (κ1) is 9.56. The molecule has 1 fully saturated rings. The van der Waals surface area contributed by atoms with E-state index in [0.29, 0.717) is 6.04 Å². The van der Waals surface area contributed by atoms with Gasteiger partial charge in [0.2, 0.25) is 0 Å². The van der Waals surface area contributed by atoms with Gasteiger partial charge < -0.3 is 10.1 Å². The van der Waals surface area contributed by atoms with Gasteiger partial charge in [-0.1, -0.05) is 12.5 Å². The van der Waals surface area contributed by atoms with Crippen molar-refractivity contribution in [1.82, 2.24) is 5.32 Å². The molecule has 3 heteroatoms. The van der Waals surface area contributed by atoms with Gasteiger partial charge in [-0.05, 0) is 25.2 Å². The maximum Gasteiger partial charge on any atom is 0.285 e. The lowest BCUT2D eigenvalue weighted by molar-refractivity contribution is 0.315. The minimum atomic E-state index is 0.546. The second kappa shape index (κ2) is 4.49. The van der Waals surface area contributed by atoms with E-state index in [1.54, 1.807) is 0 Å². The van der Waals surface area contributed by atoms with E-state index in [2.05, 4.69) is 16.9 Å². The molecule has 2 atom stereocenters. The molecular weight excluding hydrogens is 176 g/mol. The standard InChI is InChI=1S/C11H18N2O/c1-2-4-9-5-3-6-10(9)13-11-12-7-8-14-11/h2,9-10H,1,3-8H2,(H,12,13). The highest BCUT2D eigenvalue weighted by molar-refractivity contribution is 5.75. The molecule has 1 aliphatic heterocycles. The summed E-state index contributed by atoms with van der Waals surface area (Å²) in [4.78, 5) is 4.25. The van der Waals surface area contributed by atoms with Crippen LogP contribution in [0.1, 0.15) is 25.7 Å². The van der Waals surface area contributed by atoms with E-state index in [1.807, 2.05) is 6.08 Å². The summed E-state index contributed by atoms with van der Waals surface area (Å²) in [6, 6.07) is 1.30. The summed E-state index contributed by atoms with van der Waals surface area (Å²) >= 11 is 0. The number of aliphatic imine (C=N–C) groups is 1. The molecule has 2 aliphatic rings. The minimum Gasteiger partial charge on any atom is -0.463 e. The molecule has 0 radical (unpaired) electrons.